The van der Waals surface area contributed by atoms with Gasteiger partial charge in [-0.3, -0.25) is 0 Å². The topological polar surface area (TPSA) is 56.7 Å². The van der Waals surface area contributed by atoms with E-state index in [1.165, 1.54) is 6.07 Å². The summed E-state index contributed by atoms with van der Waals surface area (Å²) >= 11 is 0. The smallest absolute Gasteiger partial charge is 0.153 e. The maximum atomic E-state index is 13.8. The van der Waals surface area contributed by atoms with E-state index in [4.69, 9.17) is 5.73 Å². The summed E-state index contributed by atoms with van der Waals surface area (Å²) in [6.07, 6.45) is 0.577. The Bertz CT molecular complexity index is 534. The maximum Gasteiger partial charge on any atom is 0.153 e. The van der Waals surface area contributed by atoms with Crippen LogP contribution in [0.2, 0.25) is 0 Å². The van der Waals surface area contributed by atoms with E-state index in [2.05, 4.69) is 10.1 Å². The van der Waals surface area contributed by atoms with Crippen molar-refractivity contribution < 1.29 is 4.39 Å². The maximum absolute atomic E-state index is 13.8. The van der Waals surface area contributed by atoms with Gasteiger partial charge in [0.1, 0.15) is 17.3 Å². The monoisotopic (exact) mass is 248 g/mol. The first-order valence-corrected chi connectivity index (χ1v) is 6.04. The van der Waals surface area contributed by atoms with Crippen molar-refractivity contribution in [2.24, 2.45) is 5.73 Å². The Labute approximate surface area is 106 Å². The summed E-state index contributed by atoms with van der Waals surface area (Å²) in [5, 5.41) is 4.37. The summed E-state index contributed by atoms with van der Waals surface area (Å²) in [4.78, 5) is 4.42. The number of benzene rings is 1. The molecule has 0 radical (unpaired) electrons. The van der Waals surface area contributed by atoms with Crippen LogP contribution in [0.3, 0.4) is 0 Å². The number of hydrogen-bond donors (Lipinski definition) is 1. The highest BCUT2D eigenvalue weighted by Crippen LogP contribution is 2.17. The third kappa shape index (κ3) is 2.41. The van der Waals surface area contributed by atoms with Crippen LogP contribution in [-0.2, 0) is 6.42 Å². The van der Waals surface area contributed by atoms with Crippen LogP contribution in [0.5, 0.6) is 0 Å². The van der Waals surface area contributed by atoms with Crippen molar-refractivity contribution in [3.05, 3.63) is 41.7 Å². The zero-order chi connectivity index (χ0) is 13.1. The van der Waals surface area contributed by atoms with Gasteiger partial charge in [-0.15, -0.1) is 0 Å². The van der Waals surface area contributed by atoms with Crippen molar-refractivity contribution >= 4 is 0 Å². The van der Waals surface area contributed by atoms with Crippen molar-refractivity contribution in [1.82, 2.24) is 14.8 Å². The summed E-state index contributed by atoms with van der Waals surface area (Å²) in [6, 6.07) is 6.54. The lowest BCUT2D eigenvalue weighted by molar-refractivity contribution is 0.603. The van der Waals surface area contributed by atoms with Gasteiger partial charge in [-0.25, -0.2) is 14.1 Å². The SMILES string of the molecule is CC(C)c1nc(CCN)n(-c2ccccc2F)n1. The molecule has 0 aliphatic rings. The fourth-order valence-corrected chi connectivity index (χ4v) is 1.71. The lowest BCUT2D eigenvalue weighted by Crippen LogP contribution is -2.10. The molecule has 1 heterocycles. The number of rotatable bonds is 4. The third-order valence-electron chi connectivity index (χ3n) is 2.66. The first-order valence-electron chi connectivity index (χ1n) is 6.04. The Morgan fingerprint density at radius 2 is 2.06 bits per heavy atom. The van der Waals surface area contributed by atoms with Crippen LogP contribution in [0.15, 0.2) is 24.3 Å². The quantitative estimate of drug-likeness (QED) is 0.900. The van der Waals surface area contributed by atoms with E-state index < -0.39 is 0 Å². The zero-order valence-corrected chi connectivity index (χ0v) is 10.6. The average molecular weight is 248 g/mol. The van der Waals surface area contributed by atoms with E-state index in [1.807, 2.05) is 13.8 Å². The Kier molecular flexibility index (Phi) is 3.72. The first-order chi connectivity index (χ1) is 8.63. The molecule has 0 spiro atoms. The lowest BCUT2D eigenvalue weighted by atomic mass is 10.2. The fourth-order valence-electron chi connectivity index (χ4n) is 1.71. The molecule has 2 N–H and O–H groups in total. The van der Waals surface area contributed by atoms with Crippen LogP contribution in [-0.4, -0.2) is 21.3 Å². The Balaban J connectivity index is 2.52. The molecule has 5 heteroatoms. The van der Waals surface area contributed by atoms with Gasteiger partial charge in [0.15, 0.2) is 5.82 Å². The number of nitrogens with zero attached hydrogens (tertiary/aromatic N) is 3. The van der Waals surface area contributed by atoms with Crippen LogP contribution in [0.1, 0.15) is 31.4 Å². The molecule has 0 amide bonds. The minimum Gasteiger partial charge on any atom is -0.330 e. The predicted molar refractivity (Wildman–Crippen MR) is 68.2 cm³/mol. The molecule has 2 rings (SSSR count). The van der Waals surface area contributed by atoms with Crippen molar-refractivity contribution in [3.8, 4) is 5.69 Å². The molecule has 1 aromatic heterocycles. The van der Waals surface area contributed by atoms with Crippen molar-refractivity contribution in [1.29, 1.82) is 0 Å². The minimum atomic E-state index is -0.309. The molecular formula is C13H17FN4. The zero-order valence-electron chi connectivity index (χ0n) is 10.6. The van der Waals surface area contributed by atoms with E-state index >= 15 is 0 Å². The van der Waals surface area contributed by atoms with Crippen LogP contribution in [0, 0.1) is 5.82 Å². The van der Waals surface area contributed by atoms with Gasteiger partial charge in [-0.05, 0) is 18.7 Å². The molecule has 4 nitrogen and oxygen atoms in total. The van der Waals surface area contributed by atoms with Gasteiger partial charge in [0.2, 0.25) is 0 Å². The summed E-state index contributed by atoms with van der Waals surface area (Å²) in [6.45, 7) is 4.48. The lowest BCUT2D eigenvalue weighted by Gasteiger charge is -2.05. The number of hydrogen-bond acceptors (Lipinski definition) is 3. The standard InChI is InChI=1S/C13H17FN4/c1-9(2)13-16-12(7-8-15)18(17-13)11-6-4-3-5-10(11)14/h3-6,9H,7-8,15H2,1-2H3. The summed E-state index contributed by atoms with van der Waals surface area (Å²) in [7, 11) is 0. The minimum absolute atomic E-state index is 0.203. The summed E-state index contributed by atoms with van der Waals surface area (Å²) in [5.74, 6) is 1.30. The molecule has 0 saturated carbocycles. The summed E-state index contributed by atoms with van der Waals surface area (Å²) < 4.78 is 15.3. The molecule has 0 bridgehead atoms. The molecule has 0 fully saturated rings. The Morgan fingerprint density at radius 3 is 2.67 bits per heavy atom. The van der Waals surface area contributed by atoms with Gasteiger partial charge in [-0.2, -0.15) is 5.10 Å². The molecule has 18 heavy (non-hydrogen) atoms. The second kappa shape index (κ2) is 5.27. The summed E-state index contributed by atoms with van der Waals surface area (Å²) in [5.41, 5.74) is 5.97. The highest BCUT2D eigenvalue weighted by molar-refractivity contribution is 5.33. The van der Waals surface area contributed by atoms with E-state index in [-0.39, 0.29) is 11.7 Å². The average Bonchev–Trinajstić information content (AvgIpc) is 2.74. The molecule has 2 aromatic rings. The van der Waals surface area contributed by atoms with E-state index in [0.29, 0.717) is 30.3 Å². The molecule has 0 saturated heterocycles. The number of nitrogens with two attached hydrogens (primary N) is 1. The molecule has 0 aliphatic heterocycles. The second-order valence-corrected chi connectivity index (χ2v) is 4.44. The first kappa shape index (κ1) is 12.7. The van der Waals surface area contributed by atoms with Gasteiger partial charge >= 0.3 is 0 Å². The molecule has 0 unspecified atom stereocenters. The van der Waals surface area contributed by atoms with Crippen LogP contribution in [0.25, 0.3) is 5.69 Å². The van der Waals surface area contributed by atoms with Crippen molar-refractivity contribution in [2.45, 2.75) is 26.2 Å². The molecule has 96 valence electrons. The van der Waals surface area contributed by atoms with Crippen molar-refractivity contribution in [3.63, 3.8) is 0 Å². The van der Waals surface area contributed by atoms with E-state index in [9.17, 15) is 4.39 Å². The number of aromatic nitrogens is 3. The second-order valence-electron chi connectivity index (χ2n) is 4.44. The Hall–Kier alpha value is -1.75. The molecule has 0 atom stereocenters. The van der Waals surface area contributed by atoms with Gasteiger partial charge in [0.25, 0.3) is 0 Å². The van der Waals surface area contributed by atoms with E-state index in [0.717, 1.165) is 0 Å². The van der Waals surface area contributed by atoms with Crippen LogP contribution in [0.4, 0.5) is 4.39 Å². The molecule has 0 aliphatic carbocycles. The van der Waals surface area contributed by atoms with Gasteiger partial charge < -0.3 is 5.73 Å². The van der Waals surface area contributed by atoms with Crippen LogP contribution < -0.4 is 5.73 Å². The fraction of sp³-hybridized carbons (Fsp3) is 0.385. The predicted octanol–water partition coefficient (Wildman–Crippen LogP) is 2.03. The van der Waals surface area contributed by atoms with Crippen LogP contribution >= 0.6 is 0 Å². The largest absolute Gasteiger partial charge is 0.330 e. The normalized spacial score (nSPS) is 11.2. The number of halogens is 1. The van der Waals surface area contributed by atoms with E-state index in [1.54, 1.807) is 22.9 Å². The van der Waals surface area contributed by atoms with Gasteiger partial charge in [0.05, 0.1) is 0 Å². The van der Waals surface area contributed by atoms with Gasteiger partial charge in [-0.1, -0.05) is 26.0 Å². The van der Waals surface area contributed by atoms with Gasteiger partial charge in [0, 0.05) is 12.3 Å². The van der Waals surface area contributed by atoms with Crippen molar-refractivity contribution in [2.75, 3.05) is 6.54 Å². The highest BCUT2D eigenvalue weighted by atomic mass is 19.1. The third-order valence-corrected chi connectivity index (χ3v) is 2.66. The number of para-hydroxylation sites is 1. The Morgan fingerprint density at radius 1 is 1.33 bits per heavy atom. The highest BCUT2D eigenvalue weighted by Gasteiger charge is 2.15. The molecular weight excluding hydrogens is 231 g/mol. The molecule has 1 aromatic carbocycles.